The quantitative estimate of drug-likeness (QED) is 0.865. The fourth-order valence-electron chi connectivity index (χ4n) is 4.23. The first kappa shape index (κ1) is 15.1. The average molecular weight is 294 g/mol. The van der Waals surface area contributed by atoms with Crippen LogP contribution in [0.1, 0.15) is 57.8 Å². The molecule has 2 amide bonds. The summed E-state index contributed by atoms with van der Waals surface area (Å²) in [4.78, 5) is 14.5. The maximum atomic E-state index is 12.4. The molecule has 3 fully saturated rings. The molecular formula is C17H30N2O2. The normalized spacial score (nSPS) is 30.8. The number of likely N-dealkylation sites (tertiary alicyclic amines) is 1. The average Bonchev–Trinajstić information content (AvgIpc) is 3.17. The van der Waals surface area contributed by atoms with E-state index in [0.717, 1.165) is 38.6 Å². The Morgan fingerprint density at radius 1 is 1.05 bits per heavy atom. The molecule has 4 nitrogen and oxygen atoms in total. The van der Waals surface area contributed by atoms with E-state index in [1.807, 2.05) is 0 Å². The number of hydrogen-bond donors (Lipinski definition) is 1. The lowest BCUT2D eigenvalue weighted by Crippen LogP contribution is -2.45. The standard InChI is InChI=1S/C17H30N2O2/c20-17(18-12-15-8-10-21-13-15)19-9-4-7-16(19)11-14-5-2-1-3-6-14/h14-16H,1-13H2,(H,18,20). The summed E-state index contributed by atoms with van der Waals surface area (Å²) in [6, 6.07) is 0.660. The van der Waals surface area contributed by atoms with Crippen LogP contribution in [0.5, 0.6) is 0 Å². The molecule has 1 saturated carbocycles. The van der Waals surface area contributed by atoms with Crippen LogP contribution in [0.2, 0.25) is 0 Å². The van der Waals surface area contributed by atoms with Gasteiger partial charge in [0.1, 0.15) is 0 Å². The molecule has 1 aliphatic carbocycles. The molecule has 3 rings (SSSR count). The first-order chi connectivity index (χ1) is 10.3. The molecule has 4 heteroatoms. The number of urea groups is 1. The number of amides is 2. The lowest BCUT2D eigenvalue weighted by molar-refractivity contribution is 0.171. The molecule has 1 N–H and O–H groups in total. The highest BCUT2D eigenvalue weighted by molar-refractivity contribution is 5.74. The Labute approximate surface area is 128 Å². The van der Waals surface area contributed by atoms with Crippen LogP contribution in [-0.2, 0) is 4.74 Å². The number of rotatable bonds is 4. The number of nitrogens with one attached hydrogen (secondary N) is 1. The van der Waals surface area contributed by atoms with Gasteiger partial charge >= 0.3 is 6.03 Å². The van der Waals surface area contributed by atoms with Gasteiger partial charge in [0, 0.05) is 31.7 Å². The van der Waals surface area contributed by atoms with Crippen molar-refractivity contribution < 1.29 is 9.53 Å². The van der Waals surface area contributed by atoms with Gasteiger partial charge < -0.3 is 15.0 Å². The zero-order chi connectivity index (χ0) is 14.5. The zero-order valence-electron chi connectivity index (χ0n) is 13.2. The summed E-state index contributed by atoms with van der Waals surface area (Å²) in [5.74, 6) is 1.38. The molecule has 0 spiro atoms. The predicted molar refractivity (Wildman–Crippen MR) is 83.2 cm³/mol. The molecule has 0 radical (unpaired) electrons. The van der Waals surface area contributed by atoms with E-state index in [9.17, 15) is 4.79 Å². The molecule has 0 aromatic carbocycles. The molecule has 2 aliphatic heterocycles. The summed E-state index contributed by atoms with van der Waals surface area (Å²) in [5.41, 5.74) is 0. The second kappa shape index (κ2) is 7.48. The summed E-state index contributed by atoms with van der Waals surface area (Å²) in [5, 5.41) is 3.14. The van der Waals surface area contributed by atoms with Gasteiger partial charge in [-0.15, -0.1) is 0 Å². The molecule has 2 heterocycles. The highest BCUT2D eigenvalue weighted by Gasteiger charge is 2.31. The molecule has 0 aromatic heterocycles. The monoisotopic (exact) mass is 294 g/mol. The Balaban J connectivity index is 1.44. The number of ether oxygens (including phenoxy) is 1. The van der Waals surface area contributed by atoms with Crippen LogP contribution in [0.4, 0.5) is 4.79 Å². The Kier molecular flexibility index (Phi) is 5.39. The van der Waals surface area contributed by atoms with Gasteiger partial charge in [0.2, 0.25) is 0 Å². The molecule has 2 unspecified atom stereocenters. The van der Waals surface area contributed by atoms with Gasteiger partial charge in [-0.25, -0.2) is 4.79 Å². The van der Waals surface area contributed by atoms with E-state index < -0.39 is 0 Å². The van der Waals surface area contributed by atoms with Crippen molar-refractivity contribution in [3.63, 3.8) is 0 Å². The number of hydrogen-bond acceptors (Lipinski definition) is 2. The second-order valence-corrected chi connectivity index (χ2v) is 7.14. The molecule has 0 bridgehead atoms. The largest absolute Gasteiger partial charge is 0.381 e. The minimum Gasteiger partial charge on any atom is -0.381 e. The molecule has 2 atom stereocenters. The van der Waals surface area contributed by atoms with E-state index in [4.69, 9.17) is 4.74 Å². The first-order valence-corrected chi connectivity index (χ1v) is 8.95. The van der Waals surface area contributed by atoms with Crippen molar-refractivity contribution in [3.8, 4) is 0 Å². The number of carbonyl (C=O) groups is 1. The fraction of sp³-hybridized carbons (Fsp3) is 0.941. The zero-order valence-corrected chi connectivity index (χ0v) is 13.2. The highest BCUT2D eigenvalue weighted by Crippen LogP contribution is 2.32. The summed E-state index contributed by atoms with van der Waals surface area (Å²) < 4.78 is 5.37. The maximum absolute atomic E-state index is 12.4. The van der Waals surface area contributed by atoms with Gasteiger partial charge in [0.25, 0.3) is 0 Å². The van der Waals surface area contributed by atoms with Crippen LogP contribution in [0, 0.1) is 11.8 Å². The molecule has 3 aliphatic rings. The summed E-state index contributed by atoms with van der Waals surface area (Å²) in [6.07, 6.45) is 11.7. The van der Waals surface area contributed by atoms with Crippen molar-refractivity contribution >= 4 is 6.03 Å². The predicted octanol–water partition coefficient (Wildman–Crippen LogP) is 3.17. The molecule has 120 valence electrons. The van der Waals surface area contributed by atoms with Crippen molar-refractivity contribution in [2.45, 2.75) is 63.8 Å². The number of nitrogens with zero attached hydrogens (tertiary/aromatic N) is 1. The number of carbonyl (C=O) groups excluding carboxylic acids is 1. The Bertz CT molecular complexity index is 336. The fourth-order valence-corrected chi connectivity index (χ4v) is 4.23. The van der Waals surface area contributed by atoms with Crippen LogP contribution in [0.15, 0.2) is 0 Å². The summed E-state index contributed by atoms with van der Waals surface area (Å²) in [6.45, 7) is 3.40. The van der Waals surface area contributed by atoms with E-state index in [1.165, 1.54) is 51.4 Å². The van der Waals surface area contributed by atoms with E-state index in [0.29, 0.717) is 12.0 Å². The second-order valence-electron chi connectivity index (χ2n) is 7.14. The Hall–Kier alpha value is -0.770. The van der Waals surface area contributed by atoms with E-state index in [-0.39, 0.29) is 6.03 Å². The topological polar surface area (TPSA) is 41.6 Å². The van der Waals surface area contributed by atoms with Gasteiger partial charge in [-0.1, -0.05) is 32.1 Å². The van der Waals surface area contributed by atoms with Gasteiger partial charge in [-0.3, -0.25) is 0 Å². The third-order valence-electron chi connectivity index (χ3n) is 5.53. The minimum absolute atomic E-state index is 0.167. The molecular weight excluding hydrogens is 264 g/mol. The van der Waals surface area contributed by atoms with Crippen LogP contribution in [-0.4, -0.2) is 43.3 Å². The van der Waals surface area contributed by atoms with E-state index in [1.54, 1.807) is 0 Å². The van der Waals surface area contributed by atoms with Gasteiger partial charge in [-0.2, -0.15) is 0 Å². The Morgan fingerprint density at radius 2 is 1.90 bits per heavy atom. The maximum Gasteiger partial charge on any atom is 0.317 e. The van der Waals surface area contributed by atoms with Crippen LogP contribution < -0.4 is 5.32 Å². The van der Waals surface area contributed by atoms with Gasteiger partial charge in [-0.05, 0) is 31.6 Å². The Morgan fingerprint density at radius 3 is 2.67 bits per heavy atom. The molecule has 0 aromatic rings. The van der Waals surface area contributed by atoms with Crippen molar-refractivity contribution in [1.29, 1.82) is 0 Å². The van der Waals surface area contributed by atoms with Crippen molar-refractivity contribution in [3.05, 3.63) is 0 Å². The summed E-state index contributed by atoms with van der Waals surface area (Å²) >= 11 is 0. The van der Waals surface area contributed by atoms with E-state index >= 15 is 0 Å². The van der Waals surface area contributed by atoms with Crippen molar-refractivity contribution in [2.24, 2.45) is 11.8 Å². The minimum atomic E-state index is 0.167. The van der Waals surface area contributed by atoms with E-state index in [2.05, 4.69) is 10.2 Å². The van der Waals surface area contributed by atoms with Crippen LogP contribution in [0.25, 0.3) is 0 Å². The van der Waals surface area contributed by atoms with Crippen LogP contribution in [0.3, 0.4) is 0 Å². The SMILES string of the molecule is O=C(NCC1CCOC1)N1CCCC1CC1CCCCC1. The first-order valence-electron chi connectivity index (χ1n) is 8.95. The van der Waals surface area contributed by atoms with Crippen LogP contribution >= 0.6 is 0 Å². The smallest absolute Gasteiger partial charge is 0.317 e. The third-order valence-corrected chi connectivity index (χ3v) is 5.53. The lowest BCUT2D eigenvalue weighted by Gasteiger charge is -2.30. The summed E-state index contributed by atoms with van der Waals surface area (Å²) in [7, 11) is 0. The van der Waals surface area contributed by atoms with Crippen molar-refractivity contribution in [2.75, 3.05) is 26.3 Å². The van der Waals surface area contributed by atoms with Gasteiger partial charge in [0.15, 0.2) is 0 Å². The molecule has 21 heavy (non-hydrogen) atoms. The molecule has 2 saturated heterocycles. The lowest BCUT2D eigenvalue weighted by atomic mass is 9.84. The third kappa shape index (κ3) is 4.12. The van der Waals surface area contributed by atoms with Gasteiger partial charge in [0.05, 0.1) is 6.61 Å². The van der Waals surface area contributed by atoms with Crippen molar-refractivity contribution in [1.82, 2.24) is 10.2 Å². The highest BCUT2D eigenvalue weighted by atomic mass is 16.5.